The number of halogens is 6. The number of amides is 1. The lowest BCUT2D eigenvalue weighted by Crippen LogP contribution is -2.48. The smallest absolute Gasteiger partial charge is 0.382 e. The highest BCUT2D eigenvalue weighted by molar-refractivity contribution is 5.98. The van der Waals surface area contributed by atoms with Gasteiger partial charge in [-0.3, -0.25) is 14.2 Å². The van der Waals surface area contributed by atoms with Gasteiger partial charge < -0.3 is 10.6 Å². The molecule has 13 heteroatoms. The maximum atomic E-state index is 15.0. The molecule has 0 aliphatic carbocycles. The Bertz CT molecular complexity index is 1450. The molecule has 1 aliphatic rings. The highest BCUT2D eigenvalue weighted by Gasteiger charge is 2.44. The Hall–Kier alpha value is -3.90. The van der Waals surface area contributed by atoms with Crippen molar-refractivity contribution in [3.63, 3.8) is 0 Å². The van der Waals surface area contributed by atoms with Crippen LogP contribution in [0.1, 0.15) is 40.5 Å². The summed E-state index contributed by atoms with van der Waals surface area (Å²) in [6.07, 6.45) is -2.13. The van der Waals surface area contributed by atoms with E-state index in [0.717, 1.165) is 29.2 Å². The summed E-state index contributed by atoms with van der Waals surface area (Å²) < 4.78 is 83.8. The van der Waals surface area contributed by atoms with Crippen LogP contribution in [0.25, 0.3) is 16.6 Å². The first-order valence-corrected chi connectivity index (χ1v) is 10.4. The summed E-state index contributed by atoms with van der Waals surface area (Å²) in [6.45, 7) is -1.04. The van der Waals surface area contributed by atoms with E-state index in [1.54, 1.807) is 0 Å². The van der Waals surface area contributed by atoms with Gasteiger partial charge in [-0.05, 0) is 24.6 Å². The monoisotopic (exact) mass is 494 g/mol. The minimum absolute atomic E-state index is 0.00510. The molecule has 0 saturated carbocycles. The first-order chi connectivity index (χ1) is 16.4. The Labute approximate surface area is 193 Å². The molecule has 182 valence electrons. The molecule has 1 fully saturated rings. The number of hydrogen-bond acceptors (Lipinski definition) is 5. The van der Waals surface area contributed by atoms with Gasteiger partial charge >= 0.3 is 6.18 Å². The lowest BCUT2D eigenvalue weighted by molar-refractivity contribution is -0.137. The van der Waals surface area contributed by atoms with Gasteiger partial charge in [0.25, 0.3) is 11.8 Å². The minimum atomic E-state index is -4.63. The number of piperidine rings is 1. The molecule has 5 rings (SSSR count). The number of rotatable bonds is 2. The molecule has 1 amide bonds. The predicted molar refractivity (Wildman–Crippen MR) is 112 cm³/mol. The second-order valence-corrected chi connectivity index (χ2v) is 8.28. The number of nitrogens with zero attached hydrogens (tertiary/aromatic N) is 5. The molecule has 0 spiro atoms. The zero-order chi connectivity index (χ0) is 25.1. The fourth-order valence-corrected chi connectivity index (χ4v) is 4.25. The van der Waals surface area contributed by atoms with Gasteiger partial charge in [0.1, 0.15) is 17.2 Å². The van der Waals surface area contributed by atoms with Crippen LogP contribution in [0, 0.1) is 5.82 Å². The number of aromatic nitrogens is 4. The molecule has 0 unspecified atom stereocenters. The third-order valence-electron chi connectivity index (χ3n) is 5.97. The van der Waals surface area contributed by atoms with Crippen LogP contribution in [0.3, 0.4) is 0 Å². The number of imidazole rings is 1. The Kier molecular flexibility index (Phi) is 5.11. The maximum Gasteiger partial charge on any atom is 0.417 e. The lowest BCUT2D eigenvalue weighted by Gasteiger charge is -2.39. The maximum absolute atomic E-state index is 15.0. The summed E-state index contributed by atoms with van der Waals surface area (Å²) in [5.41, 5.74) is 5.11. The number of carbonyl (C=O) groups is 1. The second kappa shape index (κ2) is 7.82. The van der Waals surface area contributed by atoms with Gasteiger partial charge in [0.15, 0.2) is 0 Å². The van der Waals surface area contributed by atoms with Gasteiger partial charge in [-0.2, -0.15) is 13.2 Å². The largest absolute Gasteiger partial charge is 0.417 e. The number of nitrogens with two attached hydrogens (primary N) is 1. The number of nitrogen functional groups attached to an aromatic ring is 1. The Balaban J connectivity index is 1.58. The number of benzene rings is 1. The molecule has 1 atom stereocenters. The number of alkyl halides is 5. The van der Waals surface area contributed by atoms with Crippen LogP contribution < -0.4 is 5.73 Å². The Morgan fingerprint density at radius 1 is 1.14 bits per heavy atom. The van der Waals surface area contributed by atoms with Crippen LogP contribution in [0.15, 0.2) is 43.0 Å². The summed E-state index contributed by atoms with van der Waals surface area (Å²) >= 11 is 0. The predicted octanol–water partition coefficient (Wildman–Crippen LogP) is 4.63. The van der Waals surface area contributed by atoms with Crippen molar-refractivity contribution in [2.24, 2.45) is 0 Å². The second-order valence-electron chi connectivity index (χ2n) is 8.28. The third-order valence-corrected chi connectivity index (χ3v) is 5.97. The molecule has 1 saturated heterocycles. The van der Waals surface area contributed by atoms with Crippen LogP contribution in [0.5, 0.6) is 0 Å². The highest BCUT2D eigenvalue weighted by Crippen LogP contribution is 2.39. The van der Waals surface area contributed by atoms with Gasteiger partial charge in [-0.1, -0.05) is 0 Å². The highest BCUT2D eigenvalue weighted by atomic mass is 19.4. The van der Waals surface area contributed by atoms with Crippen LogP contribution in [-0.4, -0.2) is 42.6 Å². The van der Waals surface area contributed by atoms with Gasteiger partial charge in [-0.15, -0.1) is 0 Å². The van der Waals surface area contributed by atoms with Crippen LogP contribution in [-0.2, 0) is 6.18 Å². The standard InChI is InChI=1S/C22H16F6N6O/c23-13-6-15-17(34-10-30-8-18(34)19(29)32-15)5-12(13)20(35)33-9-21(24,25)4-3-16(33)14-2-1-11(7-31-14)22(26,27)28/h1-2,5-8,10,16H,3-4,9H2,(H2,29,32)/t16-/m0/s1. The van der Waals surface area contributed by atoms with E-state index in [0.29, 0.717) is 11.7 Å². The van der Waals surface area contributed by atoms with Gasteiger partial charge in [0.05, 0.1) is 53.0 Å². The summed E-state index contributed by atoms with van der Waals surface area (Å²) in [6, 6.07) is 2.86. The summed E-state index contributed by atoms with van der Waals surface area (Å²) in [7, 11) is 0. The van der Waals surface area contributed by atoms with E-state index < -0.39 is 54.0 Å². The molecule has 4 aromatic rings. The molecule has 4 heterocycles. The fourth-order valence-electron chi connectivity index (χ4n) is 4.25. The zero-order valence-corrected chi connectivity index (χ0v) is 17.7. The molecule has 1 aliphatic heterocycles. The van der Waals surface area contributed by atoms with Gasteiger partial charge in [-0.25, -0.2) is 23.1 Å². The molecule has 0 bridgehead atoms. The molecule has 3 aromatic heterocycles. The first kappa shape index (κ1) is 22.9. The minimum Gasteiger partial charge on any atom is -0.382 e. The first-order valence-electron chi connectivity index (χ1n) is 10.4. The van der Waals surface area contributed by atoms with E-state index >= 15 is 4.39 Å². The molecule has 1 aromatic carbocycles. The topological polar surface area (TPSA) is 89.4 Å². The van der Waals surface area contributed by atoms with Crippen molar-refractivity contribution in [1.82, 2.24) is 24.3 Å². The molecule has 2 N–H and O–H groups in total. The van der Waals surface area contributed by atoms with Gasteiger partial charge in [0, 0.05) is 18.7 Å². The molecule has 7 nitrogen and oxygen atoms in total. The van der Waals surface area contributed by atoms with E-state index in [4.69, 9.17) is 5.73 Å². The lowest BCUT2D eigenvalue weighted by atomic mass is 9.95. The van der Waals surface area contributed by atoms with Crippen LogP contribution in [0.2, 0.25) is 0 Å². The fraction of sp³-hybridized carbons (Fsp3) is 0.273. The van der Waals surface area contributed by atoms with Gasteiger partial charge in [0.2, 0.25) is 0 Å². The van der Waals surface area contributed by atoms with E-state index in [1.165, 1.54) is 16.9 Å². The average Bonchev–Trinajstić information content (AvgIpc) is 3.28. The average molecular weight is 494 g/mol. The molecule has 35 heavy (non-hydrogen) atoms. The Morgan fingerprint density at radius 3 is 2.60 bits per heavy atom. The number of pyridine rings is 1. The van der Waals surface area contributed by atoms with Crippen molar-refractivity contribution in [2.75, 3.05) is 12.3 Å². The zero-order valence-electron chi connectivity index (χ0n) is 17.7. The van der Waals surface area contributed by atoms with E-state index in [2.05, 4.69) is 15.0 Å². The van der Waals surface area contributed by atoms with Crippen LogP contribution in [0.4, 0.5) is 32.2 Å². The molecule has 0 radical (unpaired) electrons. The van der Waals surface area contributed by atoms with E-state index in [9.17, 15) is 26.7 Å². The van der Waals surface area contributed by atoms with Crippen LogP contribution >= 0.6 is 0 Å². The van der Waals surface area contributed by atoms with Crippen molar-refractivity contribution >= 4 is 28.3 Å². The van der Waals surface area contributed by atoms with Crippen molar-refractivity contribution < 1.29 is 31.1 Å². The summed E-state index contributed by atoms with van der Waals surface area (Å²) in [5.74, 6) is -5.25. The number of carbonyl (C=O) groups excluding carboxylic acids is 1. The molecular weight excluding hydrogens is 478 g/mol. The SMILES string of the molecule is Nc1nc2cc(F)c(C(=O)N3CC(F)(F)CC[C@H]3c3ccc(C(F)(F)F)cn3)cc2n2cncc12. The van der Waals surface area contributed by atoms with Crippen molar-refractivity contribution in [3.05, 3.63) is 65.6 Å². The quantitative estimate of drug-likeness (QED) is 0.411. The number of hydrogen-bond donors (Lipinski definition) is 1. The van der Waals surface area contributed by atoms with E-state index in [-0.39, 0.29) is 29.0 Å². The Morgan fingerprint density at radius 2 is 1.91 bits per heavy atom. The van der Waals surface area contributed by atoms with Crippen molar-refractivity contribution in [2.45, 2.75) is 31.0 Å². The summed E-state index contributed by atoms with van der Waals surface area (Å²) in [5, 5.41) is 0. The summed E-state index contributed by atoms with van der Waals surface area (Å²) in [4.78, 5) is 26.0. The normalized spacial score (nSPS) is 18.3. The third kappa shape index (κ3) is 4.00. The van der Waals surface area contributed by atoms with Crippen molar-refractivity contribution in [3.8, 4) is 0 Å². The van der Waals surface area contributed by atoms with E-state index in [1.807, 2.05) is 0 Å². The van der Waals surface area contributed by atoms with Crippen molar-refractivity contribution in [1.29, 1.82) is 0 Å². The number of fused-ring (bicyclic) bond motifs is 3. The number of likely N-dealkylation sites (tertiary alicyclic amines) is 1. The molecular formula is C22H16F6N6O. The number of anilines is 1.